The van der Waals surface area contributed by atoms with Crippen molar-refractivity contribution in [2.45, 2.75) is 83.8 Å². The quantitative estimate of drug-likeness (QED) is 0.0910. The van der Waals surface area contributed by atoms with Gasteiger partial charge in [-0.2, -0.15) is 0 Å². The minimum atomic E-state index is -4.72. The molecule has 9 nitrogen and oxygen atoms in total. The van der Waals surface area contributed by atoms with Gasteiger partial charge in [0.2, 0.25) is 0 Å². The average Bonchev–Trinajstić information content (AvgIpc) is 2.76. The number of unbranched alkanes of at least 4 members (excludes halogenated alkanes) is 2. The summed E-state index contributed by atoms with van der Waals surface area (Å²) in [4.78, 5) is 40.3. The van der Waals surface area contributed by atoms with Crippen LogP contribution in [0, 0.1) is 0 Å². The van der Waals surface area contributed by atoms with E-state index in [1.54, 1.807) is 0 Å². The van der Waals surface area contributed by atoms with Crippen molar-refractivity contribution >= 4 is 19.8 Å². The highest BCUT2D eigenvalue weighted by Gasteiger charge is 2.21. The predicted octanol–water partition coefficient (Wildman–Crippen LogP) is 4.69. The van der Waals surface area contributed by atoms with Crippen LogP contribution in [0.4, 0.5) is 0 Å². The van der Waals surface area contributed by atoms with Gasteiger partial charge in [-0.1, -0.05) is 48.6 Å². The van der Waals surface area contributed by atoms with Gasteiger partial charge in [-0.05, 0) is 58.3 Å². The minimum absolute atomic E-state index is 0.173. The molecule has 0 aliphatic carbocycles. The third kappa shape index (κ3) is 26.4. The zero-order valence-corrected chi connectivity index (χ0v) is 21.7. The fourth-order valence-corrected chi connectivity index (χ4v) is 3.09. The Morgan fingerprint density at radius 3 is 1.86 bits per heavy atom. The summed E-state index contributed by atoms with van der Waals surface area (Å²) in [6, 6.07) is 0. The van der Waals surface area contributed by atoms with Crippen LogP contribution in [0.1, 0.15) is 71.6 Å². The van der Waals surface area contributed by atoms with Gasteiger partial charge in [0.05, 0.1) is 12.7 Å². The van der Waals surface area contributed by atoms with Crippen LogP contribution in [-0.4, -0.2) is 52.3 Å². The molecule has 0 spiro atoms. The van der Waals surface area contributed by atoms with Crippen molar-refractivity contribution in [3.63, 3.8) is 0 Å². The van der Waals surface area contributed by atoms with Crippen molar-refractivity contribution in [2.75, 3.05) is 13.2 Å². The molecule has 0 fully saturated rings. The van der Waals surface area contributed by atoms with Gasteiger partial charge in [0.25, 0.3) is 0 Å². The van der Waals surface area contributed by atoms with Crippen molar-refractivity contribution < 1.29 is 43.0 Å². The summed E-state index contributed by atoms with van der Waals surface area (Å²) < 4.78 is 24.9. The maximum Gasteiger partial charge on any atom is 0.469 e. The first kappa shape index (κ1) is 33.0. The van der Waals surface area contributed by atoms with E-state index in [2.05, 4.69) is 41.0 Å². The molecule has 0 saturated heterocycles. The van der Waals surface area contributed by atoms with Crippen LogP contribution in [0.25, 0.3) is 0 Å². The van der Waals surface area contributed by atoms with Crippen molar-refractivity contribution in [3.8, 4) is 0 Å². The number of carbonyl (C=O) groups excluding carboxylic acids is 2. The van der Waals surface area contributed by atoms with Crippen LogP contribution < -0.4 is 0 Å². The van der Waals surface area contributed by atoms with Crippen LogP contribution in [0.15, 0.2) is 48.6 Å². The lowest BCUT2D eigenvalue weighted by Gasteiger charge is -2.17. The third-order valence-electron chi connectivity index (χ3n) is 4.42. The Balaban J connectivity index is 3.84. The molecule has 0 saturated carbocycles. The van der Waals surface area contributed by atoms with Crippen LogP contribution >= 0.6 is 7.82 Å². The molecule has 200 valence electrons. The van der Waals surface area contributed by atoms with Crippen molar-refractivity contribution in [2.24, 2.45) is 0 Å². The number of carbonyl (C=O) groups is 2. The maximum atomic E-state index is 11.8. The number of aliphatic hydroxyl groups excluding tert-OH is 1. The second kappa shape index (κ2) is 21.3. The highest BCUT2D eigenvalue weighted by atomic mass is 31.2. The molecule has 0 aliphatic heterocycles. The molecule has 0 radical (unpaired) electrons. The first-order chi connectivity index (χ1) is 16.6. The summed E-state index contributed by atoms with van der Waals surface area (Å²) in [7, 11) is -4.72. The molecule has 0 rings (SSSR count). The zero-order chi connectivity index (χ0) is 26.4. The highest BCUT2D eigenvalue weighted by molar-refractivity contribution is 7.46. The average molecular weight is 517 g/mol. The Kier molecular flexibility index (Phi) is 20.0. The molecule has 0 aromatic rings. The lowest BCUT2D eigenvalue weighted by molar-refractivity contribution is -0.159. The molecule has 0 heterocycles. The Morgan fingerprint density at radius 1 is 0.857 bits per heavy atom. The van der Waals surface area contributed by atoms with E-state index >= 15 is 0 Å². The zero-order valence-electron chi connectivity index (χ0n) is 20.8. The molecule has 3 N–H and O–H groups in total. The van der Waals surface area contributed by atoms with Gasteiger partial charge in [-0.15, -0.1) is 0 Å². The molecule has 0 aromatic carbocycles. The summed E-state index contributed by atoms with van der Waals surface area (Å²) in [6.45, 7) is 2.03. The normalized spacial score (nSPS) is 14.3. The van der Waals surface area contributed by atoms with Crippen LogP contribution in [-0.2, 0) is 28.2 Å². The number of aliphatic hydroxyl groups is 1. The summed E-state index contributed by atoms with van der Waals surface area (Å²) in [6.07, 6.45) is 22.3. The second-order valence-electron chi connectivity index (χ2n) is 7.97. The molecule has 2 atom stereocenters. The van der Waals surface area contributed by atoms with Crippen LogP contribution in [0.3, 0.4) is 0 Å². The van der Waals surface area contributed by atoms with Gasteiger partial charge in [-0.3, -0.25) is 14.1 Å². The van der Waals surface area contributed by atoms with E-state index in [-0.39, 0.29) is 19.1 Å². The van der Waals surface area contributed by atoms with E-state index in [9.17, 15) is 19.3 Å². The van der Waals surface area contributed by atoms with E-state index in [4.69, 9.17) is 19.3 Å². The molecule has 0 bridgehead atoms. The Hall–Kier alpha value is -2.03. The molecule has 0 aliphatic rings. The third-order valence-corrected chi connectivity index (χ3v) is 4.90. The number of phosphoric ester groups is 1. The molecule has 10 heteroatoms. The number of esters is 2. The lowest BCUT2D eigenvalue weighted by atomic mass is 10.1. The number of hydrogen-bond donors (Lipinski definition) is 3. The summed E-state index contributed by atoms with van der Waals surface area (Å²) in [5.74, 6) is -1.17. The number of hydrogen-bond acceptors (Lipinski definition) is 7. The Morgan fingerprint density at radius 2 is 1.37 bits per heavy atom. The second-order valence-corrected chi connectivity index (χ2v) is 9.21. The van der Waals surface area contributed by atoms with Crippen molar-refractivity contribution in [3.05, 3.63) is 48.6 Å². The monoisotopic (exact) mass is 516 g/mol. The van der Waals surface area contributed by atoms with Crippen LogP contribution in [0.2, 0.25) is 0 Å². The Labute approximate surface area is 208 Å². The molecular weight excluding hydrogens is 475 g/mol. The van der Waals surface area contributed by atoms with Gasteiger partial charge >= 0.3 is 19.8 Å². The molecule has 0 amide bonds. The van der Waals surface area contributed by atoms with Gasteiger partial charge in [0.1, 0.15) is 6.61 Å². The topological polar surface area (TPSA) is 140 Å². The summed E-state index contributed by atoms with van der Waals surface area (Å²) in [5, 5.41) is 9.18. The number of ether oxygens (including phenoxy) is 2. The van der Waals surface area contributed by atoms with E-state index in [1.165, 1.54) is 0 Å². The Bertz CT molecular complexity index is 735. The van der Waals surface area contributed by atoms with E-state index in [0.717, 1.165) is 45.4 Å². The van der Waals surface area contributed by atoms with Crippen LogP contribution in [0.5, 0.6) is 0 Å². The van der Waals surface area contributed by atoms with Gasteiger partial charge < -0.3 is 24.4 Å². The maximum absolute atomic E-state index is 11.8. The smallest absolute Gasteiger partial charge is 0.462 e. The first-order valence-corrected chi connectivity index (χ1v) is 13.4. The lowest BCUT2D eigenvalue weighted by Crippen LogP contribution is -2.28. The first-order valence-electron chi connectivity index (χ1n) is 11.9. The molecular formula is C25H41O9P. The fraction of sp³-hybridized carbons (Fsp3) is 0.600. The molecule has 0 aromatic heterocycles. The van der Waals surface area contributed by atoms with E-state index in [0.29, 0.717) is 12.8 Å². The largest absolute Gasteiger partial charge is 0.469 e. The van der Waals surface area contributed by atoms with Crippen molar-refractivity contribution in [1.29, 1.82) is 0 Å². The van der Waals surface area contributed by atoms with Gasteiger partial charge in [0, 0.05) is 13.3 Å². The number of rotatable bonds is 20. The van der Waals surface area contributed by atoms with Crippen molar-refractivity contribution in [1.82, 2.24) is 0 Å². The summed E-state index contributed by atoms with van der Waals surface area (Å²) in [5.41, 5.74) is 0. The highest BCUT2D eigenvalue weighted by Crippen LogP contribution is 2.35. The predicted molar refractivity (Wildman–Crippen MR) is 134 cm³/mol. The standard InChI is InChI=1S/C25H41O9P/c1-22(26)18-16-14-12-10-8-6-4-3-5-7-9-11-13-15-17-19-25(28)32-20-24(34-23(2)27)21-33-35(29,30)31/h4-7,10-13,22,24,26H,3,8-9,14-21H2,1-2H3,(H2,29,30,31)/b6-4-,7-5-,12-10-,13-11-/t22-,24-/m1/s1. The van der Waals surface area contributed by atoms with Gasteiger partial charge in [-0.25, -0.2) is 4.57 Å². The molecule has 0 unspecified atom stereocenters. The van der Waals surface area contributed by atoms with E-state index in [1.807, 2.05) is 19.1 Å². The SMILES string of the molecule is CC(=O)O[C@H](COC(=O)CCC/C=C\C/C=C\C/C=C\C/C=C\CCC[C@@H](C)O)COP(=O)(O)O. The summed E-state index contributed by atoms with van der Waals surface area (Å²) >= 11 is 0. The number of allylic oxidation sites excluding steroid dienone is 8. The van der Waals surface area contributed by atoms with Gasteiger partial charge in [0.15, 0.2) is 6.10 Å². The molecule has 35 heavy (non-hydrogen) atoms. The number of phosphoric acid groups is 1. The fourth-order valence-electron chi connectivity index (χ4n) is 2.73. The van der Waals surface area contributed by atoms with E-state index < -0.39 is 32.5 Å². The minimum Gasteiger partial charge on any atom is -0.462 e.